The summed E-state index contributed by atoms with van der Waals surface area (Å²) in [6, 6.07) is 5.53. The number of benzene rings is 1. The normalized spacial score (nSPS) is 10.3. The van der Waals surface area contributed by atoms with Crippen molar-refractivity contribution < 1.29 is 14.3 Å². The van der Waals surface area contributed by atoms with Crippen LogP contribution in [-0.4, -0.2) is 19.7 Å². The number of amides is 1. The summed E-state index contributed by atoms with van der Waals surface area (Å²) in [5, 5.41) is 2.80. The summed E-state index contributed by atoms with van der Waals surface area (Å²) >= 11 is 0. The lowest BCUT2D eigenvalue weighted by Crippen LogP contribution is -2.27. The molecular weight excluding hydrogens is 314 g/mol. The zero-order valence-corrected chi connectivity index (χ0v) is 15.8. The first-order chi connectivity index (χ1) is 12.2. The van der Waals surface area contributed by atoms with Crippen LogP contribution in [0, 0.1) is 0 Å². The van der Waals surface area contributed by atoms with E-state index >= 15 is 0 Å². The molecule has 140 valence electrons. The maximum atomic E-state index is 11.9. The molecule has 4 heteroatoms. The van der Waals surface area contributed by atoms with E-state index in [4.69, 9.17) is 9.47 Å². The molecule has 0 spiro atoms. The molecule has 1 amide bonds. The van der Waals surface area contributed by atoms with Gasteiger partial charge in [-0.25, -0.2) is 4.79 Å². The van der Waals surface area contributed by atoms with Crippen LogP contribution >= 0.6 is 0 Å². The molecule has 0 saturated carbocycles. The van der Waals surface area contributed by atoms with Gasteiger partial charge in [-0.05, 0) is 30.5 Å². The van der Waals surface area contributed by atoms with Crippen LogP contribution in [0.5, 0.6) is 11.5 Å². The van der Waals surface area contributed by atoms with Gasteiger partial charge < -0.3 is 14.8 Å². The Balaban J connectivity index is 2.22. The molecule has 0 bridgehead atoms. The minimum atomic E-state index is -0.433. The average molecular weight is 347 g/mol. The van der Waals surface area contributed by atoms with Crippen LogP contribution in [0.25, 0.3) is 0 Å². The van der Waals surface area contributed by atoms with Crippen LogP contribution < -0.4 is 14.8 Å². The average Bonchev–Trinajstić information content (AvgIpc) is 2.61. The van der Waals surface area contributed by atoms with Crippen LogP contribution in [0.1, 0.15) is 63.9 Å². The molecular formula is C21H33NO3. The first-order valence-corrected chi connectivity index (χ1v) is 9.44. The van der Waals surface area contributed by atoms with Gasteiger partial charge in [0.2, 0.25) is 0 Å². The van der Waals surface area contributed by atoms with Crippen molar-refractivity contribution in [1.82, 2.24) is 5.32 Å². The lowest BCUT2D eigenvalue weighted by Gasteiger charge is -2.11. The van der Waals surface area contributed by atoms with Crippen molar-refractivity contribution in [2.75, 3.05) is 13.7 Å². The Morgan fingerprint density at radius 1 is 1.08 bits per heavy atom. The molecule has 0 atom stereocenters. The Morgan fingerprint density at radius 3 is 2.40 bits per heavy atom. The number of unbranched alkanes of at least 4 members (excludes halogenated alkanes) is 7. The highest BCUT2D eigenvalue weighted by molar-refractivity contribution is 5.71. The predicted molar refractivity (Wildman–Crippen MR) is 104 cm³/mol. The first kappa shape index (κ1) is 21.1. The number of hydrogen-bond donors (Lipinski definition) is 1. The first-order valence-electron chi connectivity index (χ1n) is 9.44. The van der Waals surface area contributed by atoms with Gasteiger partial charge in [0, 0.05) is 6.54 Å². The van der Waals surface area contributed by atoms with E-state index in [0.717, 1.165) is 24.8 Å². The number of ether oxygens (including phenoxy) is 2. The summed E-state index contributed by atoms with van der Waals surface area (Å²) in [5.41, 5.74) is 1.07. The van der Waals surface area contributed by atoms with E-state index in [9.17, 15) is 4.79 Å². The second-order valence-corrected chi connectivity index (χ2v) is 6.27. The van der Waals surface area contributed by atoms with Gasteiger partial charge in [0.05, 0.1) is 7.11 Å². The zero-order valence-electron chi connectivity index (χ0n) is 15.8. The molecule has 1 rings (SSSR count). The fraction of sp³-hybridized carbons (Fsp3) is 0.571. The third kappa shape index (κ3) is 9.18. The summed E-state index contributed by atoms with van der Waals surface area (Å²) in [6.07, 6.45) is 12.1. The molecule has 0 radical (unpaired) electrons. The highest BCUT2D eigenvalue weighted by atomic mass is 16.6. The Labute approximate surface area is 152 Å². The summed E-state index contributed by atoms with van der Waals surface area (Å²) in [6.45, 7) is 6.60. The summed E-state index contributed by atoms with van der Waals surface area (Å²) in [7, 11) is 1.57. The molecule has 0 fully saturated rings. The molecule has 1 aromatic carbocycles. The van der Waals surface area contributed by atoms with Gasteiger partial charge >= 0.3 is 6.09 Å². The predicted octanol–water partition coefficient (Wildman–Crippen LogP) is 5.65. The van der Waals surface area contributed by atoms with Crippen molar-refractivity contribution in [3.63, 3.8) is 0 Å². The molecule has 25 heavy (non-hydrogen) atoms. The minimum Gasteiger partial charge on any atom is -0.493 e. The van der Waals surface area contributed by atoms with Crippen LogP contribution in [0.3, 0.4) is 0 Å². The highest BCUT2D eigenvalue weighted by Gasteiger charge is 2.10. The molecule has 0 saturated heterocycles. The fourth-order valence-corrected chi connectivity index (χ4v) is 2.68. The zero-order chi connectivity index (χ0) is 18.3. The molecule has 4 nitrogen and oxygen atoms in total. The molecule has 0 aliphatic heterocycles. The topological polar surface area (TPSA) is 47.6 Å². The number of rotatable bonds is 13. The van der Waals surface area contributed by atoms with E-state index in [1.165, 1.54) is 38.5 Å². The van der Waals surface area contributed by atoms with E-state index < -0.39 is 6.09 Å². The fourth-order valence-electron chi connectivity index (χ4n) is 2.68. The van der Waals surface area contributed by atoms with Crippen LogP contribution in [-0.2, 0) is 6.42 Å². The molecule has 0 unspecified atom stereocenters. The van der Waals surface area contributed by atoms with E-state index in [2.05, 4.69) is 18.8 Å². The van der Waals surface area contributed by atoms with Gasteiger partial charge in [-0.15, -0.1) is 6.58 Å². The van der Waals surface area contributed by atoms with Gasteiger partial charge in [-0.1, -0.05) is 64.0 Å². The number of carbonyl (C=O) groups is 1. The highest BCUT2D eigenvalue weighted by Crippen LogP contribution is 2.28. The lowest BCUT2D eigenvalue weighted by molar-refractivity contribution is 0.198. The van der Waals surface area contributed by atoms with Crippen molar-refractivity contribution >= 4 is 6.09 Å². The Hall–Kier alpha value is -1.97. The van der Waals surface area contributed by atoms with E-state index in [-0.39, 0.29) is 0 Å². The monoisotopic (exact) mass is 347 g/mol. The van der Waals surface area contributed by atoms with Gasteiger partial charge in [-0.3, -0.25) is 0 Å². The summed E-state index contributed by atoms with van der Waals surface area (Å²) in [4.78, 5) is 11.9. The minimum absolute atomic E-state index is 0.433. The maximum absolute atomic E-state index is 11.9. The number of hydrogen-bond acceptors (Lipinski definition) is 3. The van der Waals surface area contributed by atoms with E-state index in [1.807, 2.05) is 18.2 Å². The quantitative estimate of drug-likeness (QED) is 0.370. The second-order valence-electron chi connectivity index (χ2n) is 6.27. The maximum Gasteiger partial charge on any atom is 0.412 e. The smallest absolute Gasteiger partial charge is 0.412 e. The van der Waals surface area contributed by atoms with Crippen molar-refractivity contribution in [3.8, 4) is 11.5 Å². The van der Waals surface area contributed by atoms with Gasteiger partial charge in [0.15, 0.2) is 11.5 Å². The van der Waals surface area contributed by atoms with Crippen molar-refractivity contribution in [3.05, 3.63) is 36.4 Å². The van der Waals surface area contributed by atoms with Crippen molar-refractivity contribution in [2.45, 2.75) is 64.7 Å². The molecule has 1 N–H and O–H groups in total. The van der Waals surface area contributed by atoms with Gasteiger partial charge in [0.1, 0.15) is 0 Å². The Kier molecular flexibility index (Phi) is 11.2. The standard InChI is InChI=1S/C21H33NO3/c1-4-6-7-8-9-10-11-12-16-22-21(23)25-19-15-14-18(13-5-2)17-20(19)24-3/h5,14-15,17H,2,4,6-13,16H2,1,3H3,(H,22,23). The Bertz CT molecular complexity index is 514. The number of carbonyl (C=O) groups excluding carboxylic acids is 1. The lowest BCUT2D eigenvalue weighted by atomic mass is 10.1. The largest absolute Gasteiger partial charge is 0.493 e. The third-order valence-corrected chi connectivity index (χ3v) is 4.11. The van der Waals surface area contributed by atoms with Crippen molar-refractivity contribution in [2.24, 2.45) is 0 Å². The number of nitrogens with one attached hydrogen (secondary N) is 1. The molecule has 0 aliphatic rings. The number of allylic oxidation sites excluding steroid dienone is 1. The van der Waals surface area contributed by atoms with Crippen LogP contribution in [0.2, 0.25) is 0 Å². The van der Waals surface area contributed by atoms with E-state index in [0.29, 0.717) is 18.0 Å². The molecule has 1 aromatic rings. The van der Waals surface area contributed by atoms with Gasteiger partial charge in [-0.2, -0.15) is 0 Å². The van der Waals surface area contributed by atoms with Gasteiger partial charge in [0.25, 0.3) is 0 Å². The molecule has 0 aliphatic carbocycles. The summed E-state index contributed by atoms with van der Waals surface area (Å²) < 4.78 is 10.6. The van der Waals surface area contributed by atoms with Crippen LogP contribution in [0.4, 0.5) is 4.79 Å². The second kappa shape index (κ2) is 13.3. The van der Waals surface area contributed by atoms with E-state index in [1.54, 1.807) is 13.2 Å². The third-order valence-electron chi connectivity index (χ3n) is 4.11. The number of methoxy groups -OCH3 is 1. The molecule has 0 heterocycles. The van der Waals surface area contributed by atoms with Crippen molar-refractivity contribution in [1.29, 1.82) is 0 Å². The Morgan fingerprint density at radius 2 is 1.76 bits per heavy atom. The molecule has 0 aromatic heterocycles. The SMILES string of the molecule is C=CCc1ccc(OC(=O)NCCCCCCCCCC)c(OC)c1. The van der Waals surface area contributed by atoms with Crippen LogP contribution in [0.15, 0.2) is 30.9 Å². The summed E-state index contributed by atoms with van der Waals surface area (Å²) in [5.74, 6) is 0.991.